The van der Waals surface area contributed by atoms with E-state index < -0.39 is 0 Å². The average Bonchev–Trinajstić information content (AvgIpc) is 2.75. The Labute approximate surface area is 118 Å². The molecule has 0 atom stereocenters. The van der Waals surface area contributed by atoms with Gasteiger partial charge in [-0.15, -0.1) is 0 Å². The molecule has 2 aliphatic rings. The number of carbonyl (C=O) groups is 2. The highest BCUT2D eigenvalue weighted by Crippen LogP contribution is 2.34. The van der Waals surface area contributed by atoms with Crippen LogP contribution in [0.15, 0.2) is 18.2 Å². The second kappa shape index (κ2) is 5.37. The number of ketones is 1. The van der Waals surface area contributed by atoms with Crippen LogP contribution in [0.5, 0.6) is 0 Å². The lowest BCUT2D eigenvalue weighted by atomic mass is 9.78. The fourth-order valence-electron chi connectivity index (χ4n) is 3.00. The molecular weight excluding hydrogens is 254 g/mol. The van der Waals surface area contributed by atoms with E-state index in [0.717, 1.165) is 36.3 Å². The molecule has 1 aliphatic heterocycles. The Hall–Kier alpha value is -1.68. The van der Waals surface area contributed by atoms with Crippen LogP contribution in [-0.4, -0.2) is 24.4 Å². The number of nitrogens with one attached hydrogen (secondary N) is 1. The molecule has 1 amide bonds. The fraction of sp³-hybridized carbons (Fsp3) is 0.500. The van der Waals surface area contributed by atoms with Crippen LogP contribution < -0.4 is 5.32 Å². The molecule has 3 rings (SSSR count). The Morgan fingerprint density at radius 3 is 2.95 bits per heavy atom. The van der Waals surface area contributed by atoms with Crippen LogP contribution in [0, 0.1) is 5.92 Å². The third-order valence-corrected chi connectivity index (χ3v) is 4.12. The second-order valence-electron chi connectivity index (χ2n) is 5.64. The topological polar surface area (TPSA) is 55.4 Å². The minimum atomic E-state index is 0.00291. The van der Waals surface area contributed by atoms with Crippen LogP contribution >= 0.6 is 0 Å². The number of hydrogen-bond donors (Lipinski definition) is 1. The molecule has 4 nitrogen and oxygen atoms in total. The summed E-state index contributed by atoms with van der Waals surface area (Å²) in [5, 5.41) is 2.78. The fourth-order valence-corrected chi connectivity index (χ4v) is 3.00. The van der Waals surface area contributed by atoms with Crippen LogP contribution in [0.2, 0.25) is 0 Å². The molecule has 1 N–H and O–H groups in total. The van der Waals surface area contributed by atoms with Crippen LogP contribution in [0.1, 0.15) is 42.1 Å². The summed E-state index contributed by atoms with van der Waals surface area (Å²) in [4.78, 5) is 23.5. The zero-order valence-electron chi connectivity index (χ0n) is 11.6. The molecule has 0 unspecified atom stereocenters. The number of carbonyl (C=O) groups excluding carboxylic acids is 2. The van der Waals surface area contributed by atoms with Gasteiger partial charge in [0.05, 0.1) is 12.5 Å². The SMILES string of the molecule is CCOC1CC(CC(=O)c2ccc3c(c2)CC(=O)N3)C1. The van der Waals surface area contributed by atoms with E-state index in [0.29, 0.717) is 24.9 Å². The first-order chi connectivity index (χ1) is 9.65. The molecule has 20 heavy (non-hydrogen) atoms. The lowest BCUT2D eigenvalue weighted by Crippen LogP contribution is -2.32. The maximum Gasteiger partial charge on any atom is 0.228 e. The Morgan fingerprint density at radius 1 is 1.40 bits per heavy atom. The van der Waals surface area contributed by atoms with Crippen molar-refractivity contribution >= 4 is 17.4 Å². The zero-order valence-corrected chi connectivity index (χ0v) is 11.6. The number of amides is 1. The van der Waals surface area contributed by atoms with Crippen molar-refractivity contribution in [2.24, 2.45) is 5.92 Å². The molecule has 4 heteroatoms. The summed E-state index contributed by atoms with van der Waals surface area (Å²) < 4.78 is 5.51. The van der Waals surface area contributed by atoms with Crippen molar-refractivity contribution in [3.8, 4) is 0 Å². The van der Waals surface area contributed by atoms with Gasteiger partial charge in [-0.2, -0.15) is 0 Å². The smallest absolute Gasteiger partial charge is 0.228 e. The van der Waals surface area contributed by atoms with E-state index in [2.05, 4.69) is 5.32 Å². The molecule has 1 heterocycles. The summed E-state index contributed by atoms with van der Waals surface area (Å²) in [5.41, 5.74) is 2.49. The molecule has 1 aromatic rings. The first-order valence-electron chi connectivity index (χ1n) is 7.23. The Morgan fingerprint density at radius 2 is 2.20 bits per heavy atom. The number of hydrogen-bond acceptors (Lipinski definition) is 3. The van der Waals surface area contributed by atoms with Crippen LogP contribution in [0.25, 0.3) is 0 Å². The van der Waals surface area contributed by atoms with Gasteiger partial charge in [-0.05, 0) is 49.4 Å². The highest BCUT2D eigenvalue weighted by molar-refractivity contribution is 6.02. The van der Waals surface area contributed by atoms with Gasteiger partial charge in [0.1, 0.15) is 0 Å². The number of benzene rings is 1. The highest BCUT2D eigenvalue weighted by atomic mass is 16.5. The van der Waals surface area contributed by atoms with Crippen molar-refractivity contribution < 1.29 is 14.3 Å². The van der Waals surface area contributed by atoms with E-state index in [1.54, 1.807) is 0 Å². The van der Waals surface area contributed by atoms with Crippen LogP contribution in [0.3, 0.4) is 0 Å². The van der Waals surface area contributed by atoms with Crippen molar-refractivity contribution in [1.82, 2.24) is 0 Å². The predicted molar refractivity (Wildman–Crippen MR) is 75.9 cm³/mol. The molecule has 0 saturated heterocycles. The lowest BCUT2D eigenvalue weighted by molar-refractivity contribution is -0.115. The van der Waals surface area contributed by atoms with E-state index >= 15 is 0 Å². The molecule has 0 radical (unpaired) electrons. The Kier molecular flexibility index (Phi) is 3.57. The number of fused-ring (bicyclic) bond motifs is 1. The van der Waals surface area contributed by atoms with Crippen molar-refractivity contribution in [2.75, 3.05) is 11.9 Å². The summed E-state index contributed by atoms with van der Waals surface area (Å²) in [5.74, 6) is 0.627. The monoisotopic (exact) mass is 273 g/mol. The molecule has 1 aliphatic carbocycles. The maximum atomic E-state index is 12.2. The van der Waals surface area contributed by atoms with Gasteiger partial charge in [-0.3, -0.25) is 9.59 Å². The van der Waals surface area contributed by atoms with Crippen molar-refractivity contribution in [3.63, 3.8) is 0 Å². The number of ether oxygens (including phenoxy) is 1. The number of Topliss-reactive ketones (excluding diaryl/α,β-unsaturated/α-hetero) is 1. The van der Waals surface area contributed by atoms with Gasteiger partial charge in [0.2, 0.25) is 5.91 Å². The third-order valence-electron chi connectivity index (χ3n) is 4.12. The molecule has 1 saturated carbocycles. The van der Waals surface area contributed by atoms with Gasteiger partial charge in [-0.25, -0.2) is 0 Å². The van der Waals surface area contributed by atoms with E-state index in [4.69, 9.17) is 4.74 Å². The summed E-state index contributed by atoms with van der Waals surface area (Å²) in [7, 11) is 0. The summed E-state index contributed by atoms with van der Waals surface area (Å²) in [6.07, 6.45) is 3.30. The van der Waals surface area contributed by atoms with Crippen LogP contribution in [0.4, 0.5) is 5.69 Å². The molecule has 1 aromatic carbocycles. The third kappa shape index (κ3) is 2.61. The molecular formula is C16H19NO3. The second-order valence-corrected chi connectivity index (χ2v) is 5.64. The molecule has 106 valence electrons. The quantitative estimate of drug-likeness (QED) is 0.839. The van der Waals surface area contributed by atoms with Gasteiger partial charge in [0.25, 0.3) is 0 Å². The summed E-state index contributed by atoms with van der Waals surface area (Å²) >= 11 is 0. The lowest BCUT2D eigenvalue weighted by Gasteiger charge is -2.34. The van der Waals surface area contributed by atoms with Gasteiger partial charge in [0.15, 0.2) is 5.78 Å². The van der Waals surface area contributed by atoms with Gasteiger partial charge < -0.3 is 10.1 Å². The van der Waals surface area contributed by atoms with Gasteiger partial charge in [-0.1, -0.05) is 0 Å². The van der Waals surface area contributed by atoms with Crippen molar-refractivity contribution in [1.29, 1.82) is 0 Å². The molecule has 0 aromatic heterocycles. The minimum Gasteiger partial charge on any atom is -0.378 e. The average molecular weight is 273 g/mol. The summed E-state index contributed by atoms with van der Waals surface area (Å²) in [6, 6.07) is 5.50. The largest absolute Gasteiger partial charge is 0.378 e. The van der Waals surface area contributed by atoms with Crippen LogP contribution in [-0.2, 0) is 16.0 Å². The first-order valence-corrected chi connectivity index (χ1v) is 7.23. The molecule has 0 spiro atoms. The first kappa shape index (κ1) is 13.3. The number of rotatable bonds is 5. The van der Waals surface area contributed by atoms with E-state index in [1.165, 1.54) is 0 Å². The van der Waals surface area contributed by atoms with E-state index in [9.17, 15) is 9.59 Å². The van der Waals surface area contributed by atoms with E-state index in [-0.39, 0.29) is 11.7 Å². The minimum absolute atomic E-state index is 0.00291. The maximum absolute atomic E-state index is 12.2. The standard InChI is InChI=1S/C16H19NO3/c1-2-20-13-5-10(6-13)7-15(18)11-3-4-14-12(8-11)9-16(19)17-14/h3-4,8,10,13H,2,5-7,9H2,1H3,(H,17,19). The van der Waals surface area contributed by atoms with Gasteiger partial charge in [0, 0.05) is 24.3 Å². The van der Waals surface area contributed by atoms with E-state index in [1.807, 2.05) is 25.1 Å². The Bertz CT molecular complexity index is 547. The molecule has 0 bridgehead atoms. The Balaban J connectivity index is 1.59. The summed E-state index contributed by atoms with van der Waals surface area (Å²) in [6.45, 7) is 2.75. The van der Waals surface area contributed by atoms with Gasteiger partial charge >= 0.3 is 0 Å². The van der Waals surface area contributed by atoms with Crippen molar-refractivity contribution in [3.05, 3.63) is 29.3 Å². The highest BCUT2D eigenvalue weighted by Gasteiger charge is 2.31. The zero-order chi connectivity index (χ0) is 14.1. The normalized spacial score (nSPS) is 23.9. The molecule has 1 fully saturated rings. The predicted octanol–water partition coefficient (Wildman–Crippen LogP) is 2.57. The van der Waals surface area contributed by atoms with Crippen molar-refractivity contribution in [2.45, 2.75) is 38.7 Å². The number of anilines is 1.